The minimum Gasteiger partial charge on any atom is -0.494 e. The Kier molecular flexibility index (Phi) is 9.53. The Morgan fingerprint density at radius 3 is 2.75 bits per heavy atom. The molecule has 1 aliphatic rings. The zero-order valence-corrected chi connectivity index (χ0v) is 22.3. The van der Waals surface area contributed by atoms with Crippen molar-refractivity contribution in [1.29, 1.82) is 0 Å². The molecule has 0 bridgehead atoms. The van der Waals surface area contributed by atoms with Crippen LogP contribution < -0.4 is 15.6 Å². The second-order valence-electron chi connectivity index (χ2n) is 9.33. The molecule has 0 fully saturated rings. The molecule has 10 heteroatoms. The summed E-state index contributed by atoms with van der Waals surface area (Å²) in [5.74, 6) is 0.481. The summed E-state index contributed by atoms with van der Waals surface area (Å²) in [6.45, 7) is 6.74. The van der Waals surface area contributed by atoms with Crippen LogP contribution in [0.5, 0.6) is 5.75 Å². The second kappa shape index (κ2) is 13.4. The molecule has 4 rings (SSSR count). The van der Waals surface area contributed by atoms with Crippen LogP contribution in [0.25, 0.3) is 10.4 Å². The molecule has 1 aliphatic heterocycles. The number of carbonyl (C=O) groups excluding carboxylic acids is 1. The molecule has 0 aliphatic carbocycles. The van der Waals surface area contributed by atoms with Gasteiger partial charge in [0.25, 0.3) is 5.91 Å². The van der Waals surface area contributed by atoms with Gasteiger partial charge in [0.15, 0.2) is 11.6 Å². The van der Waals surface area contributed by atoms with E-state index in [0.717, 1.165) is 11.1 Å². The number of carbonyl (C=O) groups is 1. The monoisotopic (exact) mass is 540 g/mol. The van der Waals surface area contributed by atoms with Gasteiger partial charge >= 0.3 is 0 Å². The molecule has 0 saturated carbocycles. The number of azide groups is 1. The highest BCUT2D eigenvalue weighted by Gasteiger charge is 2.53. The van der Waals surface area contributed by atoms with Gasteiger partial charge in [-0.2, -0.15) is 0 Å². The quantitative estimate of drug-likeness (QED) is 0.0669. The van der Waals surface area contributed by atoms with Crippen molar-refractivity contribution >= 4 is 17.5 Å². The van der Waals surface area contributed by atoms with Crippen LogP contribution in [0, 0.1) is 6.92 Å². The number of benzene rings is 3. The van der Waals surface area contributed by atoms with E-state index >= 15 is 0 Å². The van der Waals surface area contributed by atoms with E-state index in [-0.39, 0.29) is 18.9 Å². The van der Waals surface area contributed by atoms with E-state index in [4.69, 9.17) is 25.1 Å². The van der Waals surface area contributed by atoms with Gasteiger partial charge in [-0.1, -0.05) is 65.3 Å². The Morgan fingerprint density at radius 1 is 1.23 bits per heavy atom. The molecular formula is C30H32N6O4. The lowest BCUT2D eigenvalue weighted by Crippen LogP contribution is -2.52. The summed E-state index contributed by atoms with van der Waals surface area (Å²) in [7, 11) is 0. The number of hydrazine groups is 1. The zero-order valence-electron chi connectivity index (χ0n) is 22.3. The van der Waals surface area contributed by atoms with Crippen LogP contribution in [-0.4, -0.2) is 35.7 Å². The third-order valence-electron chi connectivity index (χ3n) is 6.43. The SMILES string of the molecule is C=CC[C@]1(C(=O)NNCc2cccc(C)c2)N=C(c2ccc(OCCCO)cc2)O[C@H]1c1ccccc1N=[N+]=[N-]. The number of aliphatic hydroxyl groups is 1. The van der Waals surface area contributed by atoms with Gasteiger partial charge in [-0.15, -0.1) is 6.58 Å². The van der Waals surface area contributed by atoms with Crippen LogP contribution in [0.15, 0.2) is 95.6 Å². The highest BCUT2D eigenvalue weighted by Crippen LogP contribution is 2.45. The number of amides is 1. The highest BCUT2D eigenvalue weighted by molar-refractivity contribution is 6.01. The van der Waals surface area contributed by atoms with Crippen molar-refractivity contribution in [2.45, 2.75) is 38.0 Å². The number of ether oxygens (including phenoxy) is 2. The molecule has 3 aromatic rings. The molecule has 10 nitrogen and oxygen atoms in total. The molecule has 206 valence electrons. The van der Waals surface area contributed by atoms with Crippen LogP contribution in [0.3, 0.4) is 0 Å². The molecule has 40 heavy (non-hydrogen) atoms. The van der Waals surface area contributed by atoms with Crippen molar-refractivity contribution in [3.63, 3.8) is 0 Å². The fraction of sp³-hybridized carbons (Fsp3) is 0.267. The molecule has 0 aromatic heterocycles. The Morgan fingerprint density at radius 2 is 2.02 bits per heavy atom. The lowest BCUT2D eigenvalue weighted by atomic mass is 9.84. The first-order chi connectivity index (χ1) is 19.5. The molecule has 0 spiro atoms. The van der Waals surface area contributed by atoms with Crippen molar-refractivity contribution in [1.82, 2.24) is 10.9 Å². The van der Waals surface area contributed by atoms with Gasteiger partial charge in [-0.25, -0.2) is 10.4 Å². The molecule has 0 radical (unpaired) electrons. The fourth-order valence-corrected chi connectivity index (χ4v) is 4.52. The largest absolute Gasteiger partial charge is 0.494 e. The minimum atomic E-state index is -1.44. The van der Waals surface area contributed by atoms with E-state index < -0.39 is 17.6 Å². The summed E-state index contributed by atoms with van der Waals surface area (Å²) in [6.07, 6.45) is 1.41. The normalized spacial score (nSPS) is 17.8. The van der Waals surface area contributed by atoms with Gasteiger partial charge in [0.05, 0.1) is 6.61 Å². The van der Waals surface area contributed by atoms with E-state index in [1.54, 1.807) is 54.6 Å². The van der Waals surface area contributed by atoms with E-state index in [9.17, 15) is 4.79 Å². The third-order valence-corrected chi connectivity index (χ3v) is 6.43. The van der Waals surface area contributed by atoms with Crippen LogP contribution in [0.1, 0.15) is 41.2 Å². The fourth-order valence-electron chi connectivity index (χ4n) is 4.52. The predicted molar refractivity (Wildman–Crippen MR) is 153 cm³/mol. The summed E-state index contributed by atoms with van der Waals surface area (Å²) < 4.78 is 12.0. The van der Waals surface area contributed by atoms with Crippen molar-refractivity contribution in [3.8, 4) is 5.75 Å². The van der Waals surface area contributed by atoms with Crippen LogP contribution in [0.4, 0.5) is 5.69 Å². The van der Waals surface area contributed by atoms with E-state index in [1.807, 2.05) is 31.2 Å². The zero-order chi connectivity index (χ0) is 28.4. The van der Waals surface area contributed by atoms with Gasteiger partial charge in [-0.3, -0.25) is 10.2 Å². The van der Waals surface area contributed by atoms with Crippen molar-refractivity contribution in [2.24, 2.45) is 10.1 Å². The predicted octanol–water partition coefficient (Wildman–Crippen LogP) is 5.35. The number of hydrogen-bond donors (Lipinski definition) is 3. The van der Waals surface area contributed by atoms with Crippen LogP contribution in [0.2, 0.25) is 0 Å². The Hall–Kier alpha value is -4.63. The standard InChI is InChI=1S/C30H32N6O4/c1-3-16-30(29(38)35-32-20-22-9-6-8-21(2)19-22)27(25-10-4-5-11-26(25)34-36-31)40-28(33-30)23-12-14-24(15-13-23)39-18-7-17-37/h3-6,8-15,19,27,32,37H,1,7,16-18,20H2,2H3,(H,35,38)/t27-,30-/m0/s1. The lowest BCUT2D eigenvalue weighted by Gasteiger charge is -2.30. The summed E-state index contributed by atoms with van der Waals surface area (Å²) in [5, 5.41) is 12.8. The number of aliphatic hydroxyl groups excluding tert-OH is 1. The number of hydrogen-bond acceptors (Lipinski definition) is 7. The first kappa shape index (κ1) is 28.4. The molecule has 1 heterocycles. The minimum absolute atomic E-state index is 0.0503. The van der Waals surface area contributed by atoms with Gasteiger partial charge in [0.2, 0.25) is 5.90 Å². The maximum Gasteiger partial charge on any atom is 0.266 e. The van der Waals surface area contributed by atoms with E-state index in [0.29, 0.717) is 42.1 Å². The van der Waals surface area contributed by atoms with Gasteiger partial charge in [0, 0.05) is 47.7 Å². The summed E-state index contributed by atoms with van der Waals surface area (Å²) in [6, 6.07) is 22.1. The smallest absolute Gasteiger partial charge is 0.266 e. The van der Waals surface area contributed by atoms with E-state index in [2.05, 4.69) is 27.5 Å². The van der Waals surface area contributed by atoms with Crippen LogP contribution >= 0.6 is 0 Å². The topological polar surface area (TPSA) is 141 Å². The maximum atomic E-state index is 13.9. The average molecular weight is 541 g/mol. The Labute approximate surface area is 233 Å². The molecule has 1 amide bonds. The Bertz CT molecular complexity index is 1420. The summed E-state index contributed by atoms with van der Waals surface area (Å²) in [5.41, 5.74) is 17.2. The molecule has 3 aromatic carbocycles. The van der Waals surface area contributed by atoms with Gasteiger partial charge in [-0.05, 0) is 42.3 Å². The second-order valence-corrected chi connectivity index (χ2v) is 9.33. The number of rotatable bonds is 13. The van der Waals surface area contributed by atoms with Gasteiger partial charge in [0.1, 0.15) is 5.75 Å². The highest BCUT2D eigenvalue weighted by atomic mass is 16.5. The van der Waals surface area contributed by atoms with E-state index in [1.165, 1.54) is 0 Å². The molecule has 2 atom stereocenters. The maximum absolute atomic E-state index is 13.9. The molecule has 0 saturated heterocycles. The molecular weight excluding hydrogens is 508 g/mol. The summed E-state index contributed by atoms with van der Waals surface area (Å²) >= 11 is 0. The van der Waals surface area contributed by atoms with Crippen LogP contribution in [-0.2, 0) is 16.1 Å². The Balaban J connectivity index is 1.67. The van der Waals surface area contributed by atoms with Crippen molar-refractivity contribution in [2.75, 3.05) is 13.2 Å². The number of nitrogens with zero attached hydrogens (tertiary/aromatic N) is 4. The third kappa shape index (κ3) is 6.50. The lowest BCUT2D eigenvalue weighted by molar-refractivity contribution is -0.129. The van der Waals surface area contributed by atoms with Gasteiger partial charge < -0.3 is 14.6 Å². The summed E-state index contributed by atoms with van der Waals surface area (Å²) in [4.78, 5) is 21.7. The first-order valence-electron chi connectivity index (χ1n) is 12.9. The first-order valence-corrected chi connectivity index (χ1v) is 12.9. The number of aryl methyl sites for hydroxylation is 1. The molecule has 3 N–H and O–H groups in total. The van der Waals surface area contributed by atoms with Crippen molar-refractivity contribution in [3.05, 3.63) is 118 Å². The van der Waals surface area contributed by atoms with Crippen molar-refractivity contribution < 1.29 is 19.4 Å². The number of aliphatic imine (C=N–C) groups is 1. The number of nitrogens with one attached hydrogen (secondary N) is 2. The average Bonchev–Trinajstić information content (AvgIpc) is 3.34. The molecule has 0 unspecified atom stereocenters.